The lowest BCUT2D eigenvalue weighted by atomic mass is 10.1. The van der Waals surface area contributed by atoms with Gasteiger partial charge in [-0.05, 0) is 44.2 Å². The van der Waals surface area contributed by atoms with Crippen molar-refractivity contribution >= 4 is 34.0 Å². The Morgan fingerprint density at radius 3 is 2.61 bits per heavy atom. The first-order valence-electron chi connectivity index (χ1n) is 11.1. The molecule has 0 bridgehead atoms. The number of rotatable bonds is 9. The second-order valence-electron chi connectivity index (χ2n) is 8.39. The molecule has 10 heteroatoms. The number of alkyl halides is 1. The van der Waals surface area contributed by atoms with Gasteiger partial charge in [0.15, 0.2) is 5.67 Å². The number of hydrogen-bond acceptors (Lipinski definition) is 7. The molecule has 0 fully saturated rings. The third-order valence-electron chi connectivity index (χ3n) is 5.24. The Morgan fingerprint density at radius 2 is 1.86 bits per heavy atom. The van der Waals surface area contributed by atoms with Crippen LogP contribution < -0.4 is 15.4 Å². The number of pyridine rings is 1. The number of hydrogen-bond donors (Lipinski definition) is 2. The van der Waals surface area contributed by atoms with E-state index in [9.17, 15) is 13.6 Å². The van der Waals surface area contributed by atoms with Gasteiger partial charge >= 0.3 is 0 Å². The predicted molar refractivity (Wildman–Crippen MR) is 134 cm³/mol. The number of amides is 1. The number of carbonyl (C=O) groups excluding carboxylic acids is 1. The molecule has 2 N–H and O–H groups in total. The fraction of sp³-hybridized carbons (Fsp3) is 0.231. The average molecular weight is 494 g/mol. The van der Waals surface area contributed by atoms with E-state index >= 15 is 0 Å². The SMILES string of the molecule is COCCOc1cc2ncnc(Nc3ccnc(-c4ccccc4F)c3)c2cc1NC(=O)C(C)(C)F. The highest BCUT2D eigenvalue weighted by molar-refractivity contribution is 6.02. The highest BCUT2D eigenvalue weighted by Crippen LogP contribution is 2.34. The molecule has 0 spiro atoms. The Balaban J connectivity index is 1.72. The van der Waals surface area contributed by atoms with Crippen LogP contribution in [0.15, 0.2) is 61.1 Å². The Morgan fingerprint density at radius 1 is 1.06 bits per heavy atom. The highest BCUT2D eigenvalue weighted by atomic mass is 19.1. The number of anilines is 3. The van der Waals surface area contributed by atoms with E-state index in [1.54, 1.807) is 55.8 Å². The minimum absolute atomic E-state index is 0.218. The molecule has 0 atom stereocenters. The summed E-state index contributed by atoms with van der Waals surface area (Å²) in [7, 11) is 1.54. The van der Waals surface area contributed by atoms with Crippen LogP contribution in [0.3, 0.4) is 0 Å². The van der Waals surface area contributed by atoms with Gasteiger partial charge in [0.05, 0.1) is 23.5 Å². The van der Waals surface area contributed by atoms with Crippen LogP contribution in [0.5, 0.6) is 5.75 Å². The van der Waals surface area contributed by atoms with Crippen LogP contribution in [-0.4, -0.2) is 46.9 Å². The minimum Gasteiger partial charge on any atom is -0.489 e. The molecule has 0 aliphatic rings. The first-order chi connectivity index (χ1) is 17.3. The molecule has 2 aromatic carbocycles. The second kappa shape index (κ2) is 10.6. The van der Waals surface area contributed by atoms with Crippen molar-refractivity contribution in [1.82, 2.24) is 15.0 Å². The number of nitrogens with zero attached hydrogens (tertiary/aromatic N) is 3. The molecule has 4 rings (SSSR count). The fourth-order valence-electron chi connectivity index (χ4n) is 3.37. The number of nitrogens with one attached hydrogen (secondary N) is 2. The van der Waals surface area contributed by atoms with Crippen LogP contribution in [-0.2, 0) is 9.53 Å². The molecule has 0 unspecified atom stereocenters. The van der Waals surface area contributed by atoms with Gasteiger partial charge in [0.1, 0.15) is 30.3 Å². The van der Waals surface area contributed by atoms with E-state index in [0.29, 0.717) is 46.0 Å². The standard InChI is InChI=1S/C26H25F2N5O3/c1-26(2,28)25(34)33-22-13-18-21(14-23(22)36-11-10-35-3)30-15-31-24(18)32-16-8-9-29-20(12-16)17-6-4-5-7-19(17)27/h4-9,12-15H,10-11H2,1-3H3,(H,33,34)(H,29,30,31,32). The molecule has 0 aliphatic carbocycles. The van der Waals surface area contributed by atoms with Crippen LogP contribution in [0.1, 0.15) is 13.8 Å². The summed E-state index contributed by atoms with van der Waals surface area (Å²) >= 11 is 0. The summed E-state index contributed by atoms with van der Waals surface area (Å²) in [6.45, 7) is 2.88. The smallest absolute Gasteiger partial charge is 0.261 e. The summed E-state index contributed by atoms with van der Waals surface area (Å²) in [6.07, 6.45) is 2.94. The van der Waals surface area contributed by atoms with Crippen LogP contribution >= 0.6 is 0 Å². The maximum atomic E-state index is 14.3. The van der Waals surface area contributed by atoms with E-state index in [1.807, 2.05) is 0 Å². The van der Waals surface area contributed by atoms with Gasteiger partial charge in [-0.2, -0.15) is 0 Å². The van der Waals surface area contributed by atoms with Crippen molar-refractivity contribution in [3.63, 3.8) is 0 Å². The molecule has 0 aliphatic heterocycles. The summed E-state index contributed by atoms with van der Waals surface area (Å²) in [5, 5.41) is 6.33. The number of halogens is 2. The maximum Gasteiger partial charge on any atom is 0.261 e. The molecule has 2 aromatic heterocycles. The van der Waals surface area contributed by atoms with Crippen molar-refractivity contribution in [3.8, 4) is 17.0 Å². The van der Waals surface area contributed by atoms with E-state index < -0.39 is 11.6 Å². The predicted octanol–water partition coefficient (Wildman–Crippen LogP) is 5.29. The minimum atomic E-state index is -2.10. The summed E-state index contributed by atoms with van der Waals surface area (Å²) in [5.41, 5.74) is 0.107. The van der Waals surface area contributed by atoms with Gasteiger partial charge in [0.2, 0.25) is 0 Å². The van der Waals surface area contributed by atoms with E-state index in [2.05, 4.69) is 25.6 Å². The Bertz CT molecular complexity index is 1390. The molecule has 8 nitrogen and oxygen atoms in total. The van der Waals surface area contributed by atoms with Crippen molar-refractivity contribution in [2.75, 3.05) is 31.0 Å². The molecule has 4 aromatic rings. The molecule has 1 amide bonds. The average Bonchev–Trinajstić information content (AvgIpc) is 2.84. The molecule has 2 heterocycles. The van der Waals surface area contributed by atoms with Gasteiger partial charge in [-0.1, -0.05) is 12.1 Å². The number of ether oxygens (including phenoxy) is 2. The van der Waals surface area contributed by atoms with Gasteiger partial charge in [-0.15, -0.1) is 0 Å². The van der Waals surface area contributed by atoms with Crippen molar-refractivity contribution < 1.29 is 23.0 Å². The highest BCUT2D eigenvalue weighted by Gasteiger charge is 2.27. The number of methoxy groups -OCH3 is 1. The van der Waals surface area contributed by atoms with Gasteiger partial charge in [0.25, 0.3) is 5.91 Å². The lowest BCUT2D eigenvalue weighted by Gasteiger charge is -2.18. The maximum absolute atomic E-state index is 14.3. The molecular formula is C26H25F2N5O3. The van der Waals surface area contributed by atoms with E-state index in [0.717, 1.165) is 0 Å². The molecule has 186 valence electrons. The Labute approximate surface area is 206 Å². The topological polar surface area (TPSA) is 98.3 Å². The number of fused-ring (bicyclic) bond motifs is 1. The van der Waals surface area contributed by atoms with Crippen molar-refractivity contribution in [2.24, 2.45) is 0 Å². The normalized spacial score (nSPS) is 11.4. The van der Waals surface area contributed by atoms with Crippen molar-refractivity contribution in [1.29, 1.82) is 0 Å². The summed E-state index contributed by atoms with van der Waals surface area (Å²) in [5.74, 6) is -0.475. The van der Waals surface area contributed by atoms with E-state index in [-0.39, 0.29) is 18.1 Å². The quantitative estimate of drug-likeness (QED) is 0.306. The number of aromatic nitrogens is 3. The van der Waals surface area contributed by atoms with Gasteiger partial charge in [-0.25, -0.2) is 18.7 Å². The first-order valence-corrected chi connectivity index (χ1v) is 11.1. The molecule has 0 saturated carbocycles. The van der Waals surface area contributed by atoms with E-state index in [4.69, 9.17) is 9.47 Å². The van der Waals surface area contributed by atoms with Gasteiger partial charge < -0.3 is 20.1 Å². The van der Waals surface area contributed by atoms with Gasteiger partial charge in [0, 0.05) is 36.0 Å². The monoisotopic (exact) mass is 493 g/mol. The molecular weight excluding hydrogens is 468 g/mol. The Hall–Kier alpha value is -4.18. The summed E-state index contributed by atoms with van der Waals surface area (Å²) in [4.78, 5) is 25.3. The van der Waals surface area contributed by atoms with Crippen LogP contribution in [0.4, 0.5) is 26.0 Å². The molecule has 0 saturated heterocycles. The van der Waals surface area contributed by atoms with Crippen molar-refractivity contribution in [2.45, 2.75) is 19.5 Å². The third-order valence-corrected chi connectivity index (χ3v) is 5.24. The zero-order valence-corrected chi connectivity index (χ0v) is 20.0. The fourth-order valence-corrected chi connectivity index (χ4v) is 3.37. The first kappa shape index (κ1) is 24.9. The van der Waals surface area contributed by atoms with Crippen LogP contribution in [0.25, 0.3) is 22.2 Å². The van der Waals surface area contributed by atoms with Crippen LogP contribution in [0, 0.1) is 5.82 Å². The van der Waals surface area contributed by atoms with Crippen LogP contribution in [0.2, 0.25) is 0 Å². The summed E-state index contributed by atoms with van der Waals surface area (Å²) < 4.78 is 39.3. The van der Waals surface area contributed by atoms with E-state index in [1.165, 1.54) is 26.2 Å². The molecule has 0 radical (unpaired) electrons. The third kappa shape index (κ3) is 5.72. The largest absolute Gasteiger partial charge is 0.489 e. The number of benzene rings is 2. The Kier molecular flexibility index (Phi) is 7.35. The number of carbonyl (C=O) groups is 1. The summed E-state index contributed by atoms with van der Waals surface area (Å²) in [6, 6.07) is 13.0. The van der Waals surface area contributed by atoms with Gasteiger partial charge in [-0.3, -0.25) is 9.78 Å². The zero-order chi connectivity index (χ0) is 25.7. The van der Waals surface area contributed by atoms with Crippen molar-refractivity contribution in [3.05, 3.63) is 66.9 Å². The lowest BCUT2D eigenvalue weighted by molar-refractivity contribution is -0.125. The molecule has 36 heavy (non-hydrogen) atoms. The zero-order valence-electron chi connectivity index (χ0n) is 20.0. The second-order valence-corrected chi connectivity index (χ2v) is 8.39. The lowest BCUT2D eigenvalue weighted by Crippen LogP contribution is -2.32.